The third-order valence-electron chi connectivity index (χ3n) is 2.11. The van der Waals surface area contributed by atoms with Crippen molar-refractivity contribution in [1.29, 1.82) is 0 Å². The Hall–Kier alpha value is -0.410. The summed E-state index contributed by atoms with van der Waals surface area (Å²) in [4.78, 5) is 0. The maximum atomic E-state index is 12.8. The summed E-state index contributed by atoms with van der Waals surface area (Å²) in [5.41, 5.74) is 0.853. The van der Waals surface area contributed by atoms with Crippen LogP contribution in [0.25, 0.3) is 0 Å². The molecule has 14 heavy (non-hydrogen) atoms. The summed E-state index contributed by atoms with van der Waals surface area (Å²) in [6.07, 6.45) is 0.727. The molecule has 0 amide bonds. The highest BCUT2D eigenvalue weighted by atomic mass is 79.9. The zero-order valence-electron chi connectivity index (χ0n) is 8.35. The Labute approximate surface area is 92.1 Å². The lowest BCUT2D eigenvalue weighted by molar-refractivity contribution is 0.159. The lowest BCUT2D eigenvalue weighted by Crippen LogP contribution is -2.19. The number of aliphatic hydroxyl groups excluding tert-OH is 1. The standard InChI is InChI=1S/C11H14BrFO/c1-11(2,7-14)6-8-3-4-9(13)5-10(8)12/h3-5,14H,6-7H2,1-2H3. The third-order valence-corrected chi connectivity index (χ3v) is 2.85. The Morgan fingerprint density at radius 2 is 2.07 bits per heavy atom. The van der Waals surface area contributed by atoms with E-state index in [9.17, 15) is 4.39 Å². The lowest BCUT2D eigenvalue weighted by Gasteiger charge is -2.22. The van der Waals surface area contributed by atoms with Gasteiger partial charge in [0.05, 0.1) is 0 Å². The minimum atomic E-state index is -0.248. The monoisotopic (exact) mass is 260 g/mol. The topological polar surface area (TPSA) is 20.2 Å². The van der Waals surface area contributed by atoms with Crippen LogP contribution in [0, 0.1) is 11.2 Å². The normalized spacial score (nSPS) is 11.8. The highest BCUT2D eigenvalue weighted by Gasteiger charge is 2.18. The molecule has 0 spiro atoms. The zero-order chi connectivity index (χ0) is 10.8. The molecule has 78 valence electrons. The fourth-order valence-corrected chi connectivity index (χ4v) is 1.73. The average Bonchev–Trinajstić information content (AvgIpc) is 2.10. The summed E-state index contributed by atoms with van der Waals surface area (Å²) in [6, 6.07) is 4.63. The molecular weight excluding hydrogens is 247 g/mol. The molecule has 0 aromatic heterocycles. The van der Waals surface area contributed by atoms with E-state index in [-0.39, 0.29) is 17.8 Å². The molecule has 0 saturated heterocycles. The van der Waals surface area contributed by atoms with Crippen molar-refractivity contribution in [1.82, 2.24) is 0 Å². The van der Waals surface area contributed by atoms with Gasteiger partial charge in [0.25, 0.3) is 0 Å². The molecule has 0 saturated carbocycles. The summed E-state index contributed by atoms with van der Waals surface area (Å²) in [6.45, 7) is 4.07. The average molecular weight is 261 g/mol. The van der Waals surface area contributed by atoms with Crippen LogP contribution in [0.5, 0.6) is 0 Å². The molecule has 0 unspecified atom stereocenters. The van der Waals surface area contributed by atoms with Crippen molar-refractivity contribution in [3.63, 3.8) is 0 Å². The van der Waals surface area contributed by atoms with Crippen LogP contribution in [0.3, 0.4) is 0 Å². The van der Waals surface area contributed by atoms with E-state index in [1.807, 2.05) is 13.8 Å². The van der Waals surface area contributed by atoms with Gasteiger partial charge in [0, 0.05) is 11.1 Å². The molecule has 0 aliphatic heterocycles. The highest BCUT2D eigenvalue weighted by molar-refractivity contribution is 9.10. The van der Waals surface area contributed by atoms with Gasteiger partial charge in [-0.15, -0.1) is 0 Å². The first-order valence-corrected chi connectivity index (χ1v) is 5.29. The molecule has 1 N–H and O–H groups in total. The summed E-state index contributed by atoms with van der Waals surface area (Å²) < 4.78 is 13.5. The Morgan fingerprint density at radius 3 is 2.57 bits per heavy atom. The van der Waals surface area contributed by atoms with Crippen molar-refractivity contribution >= 4 is 15.9 Å². The molecule has 1 rings (SSSR count). The van der Waals surface area contributed by atoms with Crippen LogP contribution >= 0.6 is 15.9 Å². The number of hydrogen-bond donors (Lipinski definition) is 1. The van der Waals surface area contributed by atoms with Gasteiger partial charge in [0.2, 0.25) is 0 Å². The zero-order valence-corrected chi connectivity index (χ0v) is 9.94. The summed E-state index contributed by atoms with van der Waals surface area (Å²) in [7, 11) is 0. The molecule has 0 radical (unpaired) electrons. The Bertz CT molecular complexity index is 323. The van der Waals surface area contributed by atoms with Gasteiger partial charge in [-0.3, -0.25) is 0 Å². The molecule has 3 heteroatoms. The Morgan fingerprint density at radius 1 is 1.43 bits per heavy atom. The molecule has 0 bridgehead atoms. The van der Waals surface area contributed by atoms with E-state index in [4.69, 9.17) is 5.11 Å². The van der Waals surface area contributed by atoms with Crippen molar-refractivity contribution in [2.24, 2.45) is 5.41 Å². The quantitative estimate of drug-likeness (QED) is 0.886. The number of rotatable bonds is 3. The second-order valence-corrected chi connectivity index (χ2v) is 5.09. The molecular formula is C11H14BrFO. The number of halogens is 2. The van der Waals surface area contributed by atoms with E-state index in [1.54, 1.807) is 6.07 Å². The Balaban J connectivity index is 2.87. The molecule has 1 aromatic carbocycles. The van der Waals surface area contributed by atoms with Crippen LogP contribution in [0.4, 0.5) is 4.39 Å². The van der Waals surface area contributed by atoms with Crippen LogP contribution in [0.2, 0.25) is 0 Å². The van der Waals surface area contributed by atoms with Crippen LogP contribution in [0.1, 0.15) is 19.4 Å². The van der Waals surface area contributed by atoms with Gasteiger partial charge in [0.1, 0.15) is 5.82 Å². The SMILES string of the molecule is CC(C)(CO)Cc1ccc(F)cc1Br. The van der Waals surface area contributed by atoms with Gasteiger partial charge in [-0.2, -0.15) is 0 Å². The van der Waals surface area contributed by atoms with Crippen molar-refractivity contribution in [3.05, 3.63) is 34.1 Å². The first-order valence-electron chi connectivity index (χ1n) is 4.49. The van der Waals surface area contributed by atoms with Crippen molar-refractivity contribution < 1.29 is 9.50 Å². The van der Waals surface area contributed by atoms with E-state index in [0.717, 1.165) is 16.5 Å². The fraction of sp³-hybridized carbons (Fsp3) is 0.455. The number of benzene rings is 1. The van der Waals surface area contributed by atoms with Gasteiger partial charge in [-0.1, -0.05) is 35.8 Å². The van der Waals surface area contributed by atoms with Crippen LogP contribution in [-0.2, 0) is 6.42 Å². The largest absolute Gasteiger partial charge is 0.396 e. The van der Waals surface area contributed by atoms with Gasteiger partial charge >= 0.3 is 0 Å². The first-order chi connectivity index (χ1) is 6.44. The molecule has 1 nitrogen and oxygen atoms in total. The summed E-state index contributed by atoms with van der Waals surface area (Å²) in [5.74, 6) is -0.248. The minimum absolute atomic E-state index is 0.122. The lowest BCUT2D eigenvalue weighted by atomic mass is 9.87. The molecule has 0 atom stereocenters. The smallest absolute Gasteiger partial charge is 0.124 e. The van der Waals surface area contributed by atoms with Crippen molar-refractivity contribution in [2.75, 3.05) is 6.61 Å². The summed E-state index contributed by atoms with van der Waals surface area (Å²) in [5, 5.41) is 9.11. The van der Waals surface area contributed by atoms with Crippen LogP contribution in [-0.4, -0.2) is 11.7 Å². The second-order valence-electron chi connectivity index (χ2n) is 4.23. The fourth-order valence-electron chi connectivity index (χ4n) is 1.24. The minimum Gasteiger partial charge on any atom is -0.396 e. The number of hydrogen-bond acceptors (Lipinski definition) is 1. The number of aliphatic hydroxyl groups is 1. The van der Waals surface area contributed by atoms with Gasteiger partial charge < -0.3 is 5.11 Å². The predicted molar refractivity (Wildman–Crippen MR) is 58.7 cm³/mol. The van der Waals surface area contributed by atoms with Crippen LogP contribution < -0.4 is 0 Å². The van der Waals surface area contributed by atoms with Gasteiger partial charge in [0.15, 0.2) is 0 Å². The maximum Gasteiger partial charge on any atom is 0.124 e. The van der Waals surface area contributed by atoms with E-state index in [1.165, 1.54) is 12.1 Å². The highest BCUT2D eigenvalue weighted by Crippen LogP contribution is 2.26. The Kier molecular flexibility index (Phi) is 3.67. The van der Waals surface area contributed by atoms with Crippen molar-refractivity contribution in [2.45, 2.75) is 20.3 Å². The molecule has 0 fully saturated rings. The molecule has 0 aliphatic carbocycles. The molecule has 0 aliphatic rings. The van der Waals surface area contributed by atoms with Gasteiger partial charge in [-0.25, -0.2) is 4.39 Å². The molecule has 0 heterocycles. The van der Waals surface area contributed by atoms with Crippen LogP contribution in [0.15, 0.2) is 22.7 Å². The predicted octanol–water partition coefficient (Wildman–Crippen LogP) is 3.15. The molecule has 1 aromatic rings. The first kappa shape index (κ1) is 11.7. The van der Waals surface area contributed by atoms with Crippen molar-refractivity contribution in [3.8, 4) is 0 Å². The summed E-state index contributed by atoms with van der Waals surface area (Å²) >= 11 is 3.31. The second kappa shape index (κ2) is 4.41. The maximum absolute atomic E-state index is 12.8. The van der Waals surface area contributed by atoms with Gasteiger partial charge in [-0.05, 0) is 29.5 Å². The third kappa shape index (κ3) is 3.07. The van der Waals surface area contributed by atoms with E-state index < -0.39 is 0 Å². The van der Waals surface area contributed by atoms with E-state index in [0.29, 0.717) is 0 Å². The van der Waals surface area contributed by atoms with E-state index >= 15 is 0 Å². The van der Waals surface area contributed by atoms with E-state index in [2.05, 4.69) is 15.9 Å².